The third-order valence-electron chi connectivity index (χ3n) is 11.1. The summed E-state index contributed by atoms with van der Waals surface area (Å²) in [6.07, 6.45) is 3.71. The standard InChI is InChI=1S/C30H22N2.C14H14S.C13H10O/c1-21-10-15-25(28(20-21)23-16-18-31-19-17-23)22-11-13-24(14-12-22)32-29-8-4-2-6-26(29)27-7-3-5-9-30(27)32;1-11-8-9-12(2)14(10-11)15-13-6-4-3-5-7-13;1-9-5-4-7-11-10-6-2-3-8-12(10)14-13(9)11/h2-20H,1H3;3-10H,1-2H3;2-8H,1H3. The van der Waals surface area contributed by atoms with Crippen LogP contribution in [0.1, 0.15) is 22.3 Å². The van der Waals surface area contributed by atoms with Crippen LogP contribution in [0.25, 0.3) is 71.7 Å². The number of furan rings is 1. The Kier molecular flexibility index (Phi) is 11.4. The fourth-order valence-electron chi connectivity index (χ4n) is 7.99. The second-order valence-corrected chi connectivity index (χ2v) is 16.6. The molecule has 0 saturated carbocycles. The molecule has 0 fully saturated rings. The molecule has 0 aliphatic carbocycles. The molecule has 3 aromatic heterocycles. The molecule has 0 N–H and O–H groups in total. The molecule has 11 aromatic rings. The summed E-state index contributed by atoms with van der Waals surface area (Å²) in [5, 5.41) is 4.98. The van der Waals surface area contributed by atoms with Crippen LogP contribution in [0.3, 0.4) is 0 Å². The lowest BCUT2D eigenvalue weighted by Crippen LogP contribution is -1.94. The molecule has 61 heavy (non-hydrogen) atoms. The van der Waals surface area contributed by atoms with Gasteiger partial charge in [0.1, 0.15) is 11.2 Å². The molecule has 0 unspecified atom stereocenters. The molecule has 3 heterocycles. The van der Waals surface area contributed by atoms with E-state index in [1.165, 1.54) is 92.6 Å². The summed E-state index contributed by atoms with van der Waals surface area (Å²) in [4.78, 5) is 6.83. The molecule has 0 bridgehead atoms. The number of benzene rings is 8. The lowest BCUT2D eigenvalue weighted by molar-refractivity contribution is 0.666. The van der Waals surface area contributed by atoms with Crippen LogP contribution in [0, 0.1) is 27.7 Å². The smallest absolute Gasteiger partial charge is 0.138 e. The molecule has 0 spiro atoms. The van der Waals surface area contributed by atoms with Crippen molar-refractivity contribution in [3.8, 4) is 27.9 Å². The number of para-hydroxylation sites is 4. The van der Waals surface area contributed by atoms with Gasteiger partial charge in [-0.05, 0) is 127 Å². The Morgan fingerprint density at radius 1 is 0.443 bits per heavy atom. The Bertz CT molecular complexity index is 3200. The molecule has 0 atom stereocenters. The van der Waals surface area contributed by atoms with E-state index in [4.69, 9.17) is 4.42 Å². The predicted octanol–water partition coefficient (Wildman–Crippen LogP) is 16.2. The van der Waals surface area contributed by atoms with Crippen LogP contribution >= 0.6 is 11.8 Å². The minimum Gasteiger partial charge on any atom is -0.456 e. The van der Waals surface area contributed by atoms with E-state index >= 15 is 0 Å². The van der Waals surface area contributed by atoms with Crippen molar-refractivity contribution in [3.05, 3.63) is 229 Å². The monoisotopic (exact) mass is 806 g/mol. The van der Waals surface area contributed by atoms with E-state index in [9.17, 15) is 0 Å². The van der Waals surface area contributed by atoms with E-state index in [0.29, 0.717) is 0 Å². The molecule has 0 radical (unpaired) electrons. The number of rotatable bonds is 5. The van der Waals surface area contributed by atoms with Gasteiger partial charge >= 0.3 is 0 Å². The van der Waals surface area contributed by atoms with Crippen molar-refractivity contribution in [2.24, 2.45) is 0 Å². The Labute approximate surface area is 362 Å². The number of hydrogen-bond acceptors (Lipinski definition) is 3. The van der Waals surface area contributed by atoms with Gasteiger partial charge < -0.3 is 8.98 Å². The van der Waals surface area contributed by atoms with Gasteiger partial charge in [0.05, 0.1) is 11.0 Å². The van der Waals surface area contributed by atoms with Crippen LogP contribution < -0.4 is 0 Å². The van der Waals surface area contributed by atoms with Gasteiger partial charge in [-0.15, -0.1) is 0 Å². The molecule has 0 saturated heterocycles. The van der Waals surface area contributed by atoms with Crippen molar-refractivity contribution in [2.45, 2.75) is 37.5 Å². The lowest BCUT2D eigenvalue weighted by atomic mass is 9.93. The summed E-state index contributed by atoms with van der Waals surface area (Å²) in [6, 6.07) is 68.4. The van der Waals surface area contributed by atoms with Crippen LogP contribution in [0.2, 0.25) is 0 Å². The second kappa shape index (κ2) is 17.6. The zero-order valence-electron chi connectivity index (χ0n) is 34.8. The second-order valence-electron chi connectivity index (χ2n) is 15.4. The number of aryl methyl sites for hydroxylation is 4. The first kappa shape index (κ1) is 39.3. The SMILES string of the molecule is Cc1ccc(-c2ccc(-n3c4ccccc4c4ccccc43)cc2)c(-c2ccncc2)c1.Cc1ccc(C)c(Sc2ccccc2)c1.Cc1cccc2c1oc1ccccc12. The molecule has 0 aliphatic heterocycles. The van der Waals surface area contributed by atoms with Crippen molar-refractivity contribution in [1.82, 2.24) is 9.55 Å². The first-order valence-electron chi connectivity index (χ1n) is 20.7. The average Bonchev–Trinajstić information content (AvgIpc) is 3.86. The summed E-state index contributed by atoms with van der Waals surface area (Å²) in [5.41, 5.74) is 15.6. The van der Waals surface area contributed by atoms with Gasteiger partial charge in [-0.25, -0.2) is 0 Å². The topological polar surface area (TPSA) is 31.0 Å². The van der Waals surface area contributed by atoms with E-state index in [1.807, 2.05) is 48.4 Å². The van der Waals surface area contributed by atoms with Crippen LogP contribution in [-0.2, 0) is 0 Å². The van der Waals surface area contributed by atoms with Crippen molar-refractivity contribution in [3.63, 3.8) is 0 Å². The predicted molar refractivity (Wildman–Crippen MR) is 259 cm³/mol. The highest BCUT2D eigenvalue weighted by molar-refractivity contribution is 7.99. The maximum atomic E-state index is 5.78. The molecular weight excluding hydrogens is 761 g/mol. The largest absolute Gasteiger partial charge is 0.456 e. The van der Waals surface area contributed by atoms with Gasteiger partial charge in [0.2, 0.25) is 0 Å². The Hall–Kier alpha value is -7.14. The molecular formula is C57H46N2OS. The molecule has 296 valence electrons. The molecule has 0 aliphatic rings. The van der Waals surface area contributed by atoms with E-state index in [0.717, 1.165) is 11.2 Å². The first-order chi connectivity index (χ1) is 29.9. The van der Waals surface area contributed by atoms with Gasteiger partial charge in [0.25, 0.3) is 0 Å². The van der Waals surface area contributed by atoms with Crippen LogP contribution in [0.15, 0.2) is 221 Å². The minimum atomic E-state index is 0.969. The average molecular weight is 807 g/mol. The maximum Gasteiger partial charge on any atom is 0.138 e. The normalized spacial score (nSPS) is 11.0. The fourth-order valence-corrected chi connectivity index (χ4v) is 9.01. The highest BCUT2D eigenvalue weighted by atomic mass is 32.2. The van der Waals surface area contributed by atoms with Gasteiger partial charge in [0, 0.05) is 49.4 Å². The number of pyridine rings is 1. The number of nitrogens with zero attached hydrogens (tertiary/aromatic N) is 2. The third-order valence-corrected chi connectivity index (χ3v) is 12.3. The summed E-state index contributed by atoms with van der Waals surface area (Å²) < 4.78 is 8.14. The van der Waals surface area contributed by atoms with Crippen LogP contribution in [0.5, 0.6) is 0 Å². The third kappa shape index (κ3) is 8.36. The molecule has 11 rings (SSSR count). The Morgan fingerprint density at radius 2 is 1.03 bits per heavy atom. The quantitative estimate of drug-likeness (QED) is 0.174. The van der Waals surface area contributed by atoms with Gasteiger partial charge in [-0.1, -0.05) is 151 Å². The van der Waals surface area contributed by atoms with Crippen molar-refractivity contribution < 1.29 is 4.42 Å². The van der Waals surface area contributed by atoms with Crippen LogP contribution in [-0.4, -0.2) is 9.55 Å². The lowest BCUT2D eigenvalue weighted by Gasteiger charge is -2.13. The Balaban J connectivity index is 0.000000136. The van der Waals surface area contributed by atoms with Gasteiger partial charge in [-0.2, -0.15) is 0 Å². The van der Waals surface area contributed by atoms with E-state index in [2.05, 4.69) is 207 Å². The highest BCUT2D eigenvalue weighted by Crippen LogP contribution is 2.36. The van der Waals surface area contributed by atoms with Gasteiger partial charge in [0.15, 0.2) is 0 Å². The fraction of sp³-hybridized carbons (Fsp3) is 0.0702. The van der Waals surface area contributed by atoms with Crippen molar-refractivity contribution in [2.75, 3.05) is 0 Å². The summed E-state index contributed by atoms with van der Waals surface area (Å²) in [5.74, 6) is 0. The van der Waals surface area contributed by atoms with Crippen molar-refractivity contribution in [1.29, 1.82) is 0 Å². The minimum absolute atomic E-state index is 0.969. The number of fused-ring (bicyclic) bond motifs is 6. The Morgan fingerprint density at radius 3 is 1.75 bits per heavy atom. The van der Waals surface area contributed by atoms with Crippen molar-refractivity contribution >= 4 is 55.5 Å². The van der Waals surface area contributed by atoms with E-state index in [-0.39, 0.29) is 0 Å². The van der Waals surface area contributed by atoms with Crippen LogP contribution in [0.4, 0.5) is 0 Å². The zero-order chi connectivity index (χ0) is 41.7. The molecule has 8 aromatic carbocycles. The molecule has 4 heteroatoms. The molecule has 0 amide bonds. The molecule has 3 nitrogen and oxygen atoms in total. The van der Waals surface area contributed by atoms with E-state index in [1.54, 1.807) is 0 Å². The van der Waals surface area contributed by atoms with E-state index < -0.39 is 0 Å². The summed E-state index contributed by atoms with van der Waals surface area (Å²) in [7, 11) is 0. The zero-order valence-corrected chi connectivity index (χ0v) is 35.7. The highest BCUT2D eigenvalue weighted by Gasteiger charge is 2.13. The van der Waals surface area contributed by atoms with Gasteiger partial charge in [-0.3, -0.25) is 4.98 Å². The summed E-state index contributed by atoms with van der Waals surface area (Å²) in [6.45, 7) is 8.50. The number of hydrogen-bond donors (Lipinski definition) is 0. The number of aromatic nitrogens is 2. The first-order valence-corrected chi connectivity index (χ1v) is 21.5. The maximum absolute atomic E-state index is 5.78. The summed E-state index contributed by atoms with van der Waals surface area (Å²) >= 11 is 1.83.